The van der Waals surface area contributed by atoms with E-state index in [9.17, 15) is 0 Å². The molecule has 5 heteroatoms. The maximum absolute atomic E-state index is 6.76. The van der Waals surface area contributed by atoms with Gasteiger partial charge in [-0.3, -0.25) is 4.57 Å². The first-order valence-electron chi connectivity index (χ1n) is 18.4. The van der Waals surface area contributed by atoms with Gasteiger partial charge in [-0.05, 0) is 103 Å². The smallest absolute Gasteiger partial charge is 0.137 e. The average Bonchev–Trinajstić information content (AvgIpc) is 3.70. The lowest BCUT2D eigenvalue weighted by Gasteiger charge is -2.14. The van der Waals surface area contributed by atoms with Crippen molar-refractivity contribution in [2.75, 3.05) is 0 Å². The average molecular weight is 661 g/mol. The van der Waals surface area contributed by atoms with Crippen LogP contribution in [-0.2, 0) is 25.7 Å². The molecule has 7 aromatic rings. The molecular formula is C45H48N4O. The normalized spacial score (nSPS) is 11.7. The Bertz CT molecular complexity index is 2270. The number of ether oxygens (including phenoxy) is 1. The number of aromatic nitrogens is 4. The molecule has 0 atom stereocenters. The standard InChI is InChI=1S/C45H48N4O/c1-7-11-15-41-44(34-19-17-31(8-2)18-20-34)45(30(5)6)47-49(41)35-25-33(10-4)26-37(28-35)50-36-21-22-39-38-14-12-13-16-40(38)48(42(39)29-36)43-27-32(9-3)23-24-46-43/h12-14,16-30H,7-11,15H2,1-6H3. The van der Waals surface area contributed by atoms with Crippen molar-refractivity contribution in [2.45, 2.75) is 86.0 Å². The summed E-state index contributed by atoms with van der Waals surface area (Å²) in [5.41, 5.74) is 12.0. The van der Waals surface area contributed by atoms with Gasteiger partial charge in [0.25, 0.3) is 0 Å². The van der Waals surface area contributed by atoms with E-state index in [0.717, 1.165) is 78.3 Å². The second kappa shape index (κ2) is 14.4. The third kappa shape index (κ3) is 6.33. The van der Waals surface area contributed by atoms with E-state index in [-0.39, 0.29) is 5.92 Å². The minimum atomic E-state index is 0.286. The van der Waals surface area contributed by atoms with Gasteiger partial charge in [0.2, 0.25) is 0 Å². The zero-order valence-electron chi connectivity index (χ0n) is 30.3. The highest BCUT2D eigenvalue weighted by Crippen LogP contribution is 2.38. The SMILES string of the molecule is CCCCc1c(-c2ccc(CC)cc2)c(C(C)C)nn1-c1cc(CC)cc(Oc2ccc3c4ccccc4n(-c4cc(CC)ccn4)c3c2)c1. The van der Waals surface area contributed by atoms with Gasteiger partial charge in [0, 0.05) is 34.7 Å². The maximum Gasteiger partial charge on any atom is 0.137 e. The minimum Gasteiger partial charge on any atom is -0.457 e. The summed E-state index contributed by atoms with van der Waals surface area (Å²) in [4.78, 5) is 4.81. The number of para-hydroxylation sites is 1. The number of hydrogen-bond donors (Lipinski definition) is 0. The van der Waals surface area contributed by atoms with Crippen LogP contribution >= 0.6 is 0 Å². The van der Waals surface area contributed by atoms with Crippen LogP contribution in [0.25, 0.3) is 44.4 Å². The number of nitrogens with zero attached hydrogens (tertiary/aromatic N) is 4. The maximum atomic E-state index is 6.76. The van der Waals surface area contributed by atoms with Gasteiger partial charge in [0.15, 0.2) is 0 Å². The molecule has 0 aliphatic carbocycles. The molecule has 0 saturated heterocycles. The number of hydrogen-bond acceptors (Lipinski definition) is 3. The Morgan fingerprint density at radius 3 is 2.18 bits per heavy atom. The lowest BCUT2D eigenvalue weighted by molar-refractivity contribution is 0.482. The van der Waals surface area contributed by atoms with Gasteiger partial charge in [-0.1, -0.05) is 90.4 Å². The first-order valence-corrected chi connectivity index (χ1v) is 18.4. The first-order chi connectivity index (χ1) is 24.4. The predicted octanol–water partition coefficient (Wildman–Crippen LogP) is 12.0. The Labute approximate surface area is 296 Å². The van der Waals surface area contributed by atoms with E-state index in [1.165, 1.54) is 44.3 Å². The fraction of sp³-hybridized carbons (Fsp3) is 0.289. The molecule has 3 heterocycles. The fourth-order valence-electron chi connectivity index (χ4n) is 7.11. The van der Waals surface area contributed by atoms with Crippen molar-refractivity contribution in [3.05, 3.63) is 131 Å². The largest absolute Gasteiger partial charge is 0.457 e. The van der Waals surface area contributed by atoms with Crippen molar-refractivity contribution >= 4 is 21.8 Å². The van der Waals surface area contributed by atoms with Crippen molar-refractivity contribution in [3.63, 3.8) is 0 Å². The summed E-state index contributed by atoms with van der Waals surface area (Å²) in [6.07, 6.45) is 7.98. The van der Waals surface area contributed by atoms with Crippen LogP contribution in [0.4, 0.5) is 0 Å². The van der Waals surface area contributed by atoms with Crippen LogP contribution in [0, 0.1) is 0 Å². The van der Waals surface area contributed by atoms with Gasteiger partial charge in [-0.2, -0.15) is 5.10 Å². The van der Waals surface area contributed by atoms with E-state index < -0.39 is 0 Å². The molecule has 254 valence electrons. The summed E-state index contributed by atoms with van der Waals surface area (Å²) in [7, 11) is 0. The van der Waals surface area contributed by atoms with E-state index in [2.05, 4.69) is 148 Å². The molecule has 0 aliphatic heterocycles. The molecule has 3 aromatic heterocycles. The first kappa shape index (κ1) is 33.3. The Morgan fingerprint density at radius 2 is 1.44 bits per heavy atom. The van der Waals surface area contributed by atoms with Gasteiger partial charge in [-0.15, -0.1) is 0 Å². The second-order valence-electron chi connectivity index (χ2n) is 13.6. The summed E-state index contributed by atoms with van der Waals surface area (Å²) in [5.74, 6) is 2.80. The summed E-state index contributed by atoms with van der Waals surface area (Å²) in [6, 6.07) is 34.9. The number of rotatable bonds is 12. The summed E-state index contributed by atoms with van der Waals surface area (Å²) < 4.78 is 11.2. The van der Waals surface area contributed by atoms with Crippen molar-refractivity contribution < 1.29 is 4.74 Å². The van der Waals surface area contributed by atoms with Crippen LogP contribution in [0.15, 0.2) is 103 Å². The van der Waals surface area contributed by atoms with Gasteiger partial charge >= 0.3 is 0 Å². The molecule has 0 bridgehead atoms. The summed E-state index contributed by atoms with van der Waals surface area (Å²) >= 11 is 0. The number of unbranched alkanes of at least 4 members (excludes halogenated alkanes) is 1. The van der Waals surface area contributed by atoms with E-state index in [1.807, 2.05) is 6.20 Å². The van der Waals surface area contributed by atoms with Crippen LogP contribution in [0.1, 0.15) is 88.4 Å². The van der Waals surface area contributed by atoms with Crippen molar-refractivity contribution in [1.29, 1.82) is 0 Å². The third-order valence-electron chi connectivity index (χ3n) is 9.91. The van der Waals surface area contributed by atoms with Crippen molar-refractivity contribution in [2.24, 2.45) is 0 Å². The molecule has 0 saturated carbocycles. The zero-order valence-corrected chi connectivity index (χ0v) is 30.3. The Balaban J connectivity index is 1.34. The van der Waals surface area contributed by atoms with E-state index >= 15 is 0 Å². The number of pyridine rings is 1. The van der Waals surface area contributed by atoms with Crippen molar-refractivity contribution in [3.8, 4) is 34.1 Å². The monoisotopic (exact) mass is 660 g/mol. The number of aryl methyl sites for hydroxylation is 3. The molecule has 0 aliphatic rings. The minimum absolute atomic E-state index is 0.286. The quantitative estimate of drug-likeness (QED) is 0.131. The molecule has 0 radical (unpaired) electrons. The fourth-order valence-corrected chi connectivity index (χ4v) is 7.11. The van der Waals surface area contributed by atoms with E-state index in [1.54, 1.807) is 0 Å². The molecule has 0 N–H and O–H groups in total. The molecule has 0 spiro atoms. The molecule has 0 unspecified atom stereocenters. The highest BCUT2D eigenvalue weighted by atomic mass is 16.5. The lowest BCUT2D eigenvalue weighted by Crippen LogP contribution is -2.05. The number of fused-ring (bicyclic) bond motifs is 3. The predicted molar refractivity (Wildman–Crippen MR) is 208 cm³/mol. The Kier molecular flexibility index (Phi) is 9.58. The highest BCUT2D eigenvalue weighted by Gasteiger charge is 2.23. The van der Waals surface area contributed by atoms with Gasteiger partial charge in [-0.25, -0.2) is 9.67 Å². The Hall–Kier alpha value is -5.16. The Morgan fingerprint density at radius 1 is 0.680 bits per heavy atom. The summed E-state index contributed by atoms with van der Waals surface area (Å²) in [5, 5.41) is 7.73. The lowest BCUT2D eigenvalue weighted by atomic mass is 9.94. The summed E-state index contributed by atoms with van der Waals surface area (Å²) in [6.45, 7) is 13.4. The van der Waals surface area contributed by atoms with Gasteiger partial charge in [0.1, 0.15) is 17.3 Å². The molecule has 5 nitrogen and oxygen atoms in total. The third-order valence-corrected chi connectivity index (χ3v) is 9.91. The van der Waals surface area contributed by atoms with Crippen LogP contribution in [-0.4, -0.2) is 19.3 Å². The highest BCUT2D eigenvalue weighted by molar-refractivity contribution is 6.09. The zero-order chi connectivity index (χ0) is 34.8. The molecule has 4 aromatic carbocycles. The van der Waals surface area contributed by atoms with Crippen LogP contribution in [0.2, 0.25) is 0 Å². The molecule has 0 fully saturated rings. The van der Waals surface area contributed by atoms with E-state index in [4.69, 9.17) is 14.8 Å². The van der Waals surface area contributed by atoms with Crippen LogP contribution < -0.4 is 4.74 Å². The number of benzene rings is 4. The van der Waals surface area contributed by atoms with Gasteiger partial charge < -0.3 is 4.74 Å². The molecule has 0 amide bonds. The molecule has 7 rings (SSSR count). The molecule has 50 heavy (non-hydrogen) atoms. The molecular weight excluding hydrogens is 613 g/mol. The van der Waals surface area contributed by atoms with Crippen LogP contribution in [0.5, 0.6) is 11.5 Å². The van der Waals surface area contributed by atoms with E-state index in [0.29, 0.717) is 0 Å². The second-order valence-corrected chi connectivity index (χ2v) is 13.6. The van der Waals surface area contributed by atoms with Crippen LogP contribution in [0.3, 0.4) is 0 Å². The van der Waals surface area contributed by atoms with Crippen molar-refractivity contribution in [1.82, 2.24) is 19.3 Å². The van der Waals surface area contributed by atoms with Gasteiger partial charge in [0.05, 0.1) is 28.1 Å². The topological polar surface area (TPSA) is 44.9 Å².